The van der Waals surface area contributed by atoms with Gasteiger partial charge in [0.05, 0.1) is 23.0 Å². The average Bonchev–Trinajstić information content (AvgIpc) is 2.37. The first kappa shape index (κ1) is 8.70. The highest BCUT2D eigenvalue weighted by Gasteiger charge is 2.06. The Morgan fingerprint density at radius 3 is 3.00 bits per heavy atom. The summed E-state index contributed by atoms with van der Waals surface area (Å²) in [6.07, 6.45) is 2.27. The molecule has 0 spiro atoms. The molecular formula is C6H10BrN3O. The van der Waals surface area contributed by atoms with Crippen LogP contribution in [0.25, 0.3) is 0 Å². The number of nitrogens with one attached hydrogen (secondary N) is 1. The van der Waals surface area contributed by atoms with Crippen molar-refractivity contribution in [3.8, 4) is 0 Å². The van der Waals surface area contributed by atoms with Gasteiger partial charge in [-0.25, -0.2) is 0 Å². The lowest BCUT2D eigenvalue weighted by Crippen LogP contribution is -2.27. The molecule has 0 fully saturated rings. The molecule has 5 heteroatoms. The number of halogens is 1. The first-order chi connectivity index (χ1) is 5.24. The Hall–Kier alpha value is -0.390. The Balaban J connectivity index is 2.56. The van der Waals surface area contributed by atoms with Crippen molar-refractivity contribution >= 4 is 15.9 Å². The van der Waals surface area contributed by atoms with Gasteiger partial charge >= 0.3 is 0 Å². The third kappa shape index (κ3) is 2.28. The van der Waals surface area contributed by atoms with Crippen molar-refractivity contribution in [2.75, 3.05) is 6.61 Å². The van der Waals surface area contributed by atoms with Crippen molar-refractivity contribution in [2.24, 2.45) is 5.73 Å². The summed E-state index contributed by atoms with van der Waals surface area (Å²) in [6, 6.07) is -0.216. The topological polar surface area (TPSA) is 74.9 Å². The van der Waals surface area contributed by atoms with E-state index in [1.165, 1.54) is 0 Å². The van der Waals surface area contributed by atoms with Gasteiger partial charge in [-0.05, 0) is 15.9 Å². The molecule has 4 nitrogen and oxygen atoms in total. The second kappa shape index (κ2) is 3.85. The predicted octanol–water partition coefficient (Wildman–Crippen LogP) is 0.0343. The predicted molar refractivity (Wildman–Crippen MR) is 45.1 cm³/mol. The fourth-order valence-electron chi connectivity index (χ4n) is 0.768. The molecule has 0 radical (unpaired) electrons. The Morgan fingerprint density at radius 2 is 2.55 bits per heavy atom. The monoisotopic (exact) mass is 219 g/mol. The minimum atomic E-state index is -0.216. The second-order valence-corrected chi connectivity index (χ2v) is 3.20. The molecule has 0 saturated carbocycles. The molecule has 1 heterocycles. The molecule has 11 heavy (non-hydrogen) atoms. The van der Waals surface area contributed by atoms with E-state index in [2.05, 4.69) is 26.1 Å². The Labute approximate surface area is 72.9 Å². The summed E-state index contributed by atoms with van der Waals surface area (Å²) in [4.78, 5) is 0. The zero-order valence-electron chi connectivity index (χ0n) is 5.92. The Bertz CT molecular complexity index is 225. The number of H-pyrrole nitrogens is 1. The van der Waals surface area contributed by atoms with Gasteiger partial charge in [0, 0.05) is 12.5 Å². The van der Waals surface area contributed by atoms with E-state index in [0.29, 0.717) is 6.42 Å². The van der Waals surface area contributed by atoms with Crippen LogP contribution in [0.4, 0.5) is 0 Å². The minimum absolute atomic E-state index is 0.00847. The molecule has 1 aromatic rings. The molecule has 1 aromatic heterocycles. The fourth-order valence-corrected chi connectivity index (χ4v) is 1.12. The van der Waals surface area contributed by atoms with Gasteiger partial charge in [-0.15, -0.1) is 0 Å². The van der Waals surface area contributed by atoms with E-state index in [1.54, 1.807) is 6.20 Å². The summed E-state index contributed by atoms with van der Waals surface area (Å²) in [5.74, 6) is 0. The first-order valence-electron chi connectivity index (χ1n) is 3.28. The normalized spacial score (nSPS) is 13.4. The maximum atomic E-state index is 8.65. The van der Waals surface area contributed by atoms with Crippen LogP contribution in [0.2, 0.25) is 0 Å². The van der Waals surface area contributed by atoms with Crippen LogP contribution < -0.4 is 5.73 Å². The van der Waals surface area contributed by atoms with Crippen LogP contribution in [0.15, 0.2) is 10.7 Å². The van der Waals surface area contributed by atoms with Crippen molar-refractivity contribution in [1.29, 1.82) is 0 Å². The minimum Gasteiger partial charge on any atom is -0.395 e. The van der Waals surface area contributed by atoms with Crippen molar-refractivity contribution in [1.82, 2.24) is 10.2 Å². The molecule has 1 atom stereocenters. The lowest BCUT2D eigenvalue weighted by atomic mass is 10.2. The van der Waals surface area contributed by atoms with Gasteiger partial charge in [0.15, 0.2) is 0 Å². The third-order valence-corrected chi connectivity index (χ3v) is 2.05. The van der Waals surface area contributed by atoms with Crippen molar-refractivity contribution in [2.45, 2.75) is 12.5 Å². The van der Waals surface area contributed by atoms with Crippen LogP contribution in [0.3, 0.4) is 0 Å². The smallest absolute Gasteiger partial charge is 0.0632 e. The van der Waals surface area contributed by atoms with Gasteiger partial charge in [0.1, 0.15) is 0 Å². The quantitative estimate of drug-likeness (QED) is 0.672. The lowest BCUT2D eigenvalue weighted by Gasteiger charge is -2.05. The van der Waals surface area contributed by atoms with Crippen LogP contribution in [-0.2, 0) is 6.42 Å². The highest BCUT2D eigenvalue weighted by molar-refractivity contribution is 9.10. The highest BCUT2D eigenvalue weighted by atomic mass is 79.9. The summed E-state index contributed by atoms with van der Waals surface area (Å²) >= 11 is 3.29. The van der Waals surface area contributed by atoms with Gasteiger partial charge < -0.3 is 10.8 Å². The number of hydrogen-bond donors (Lipinski definition) is 3. The number of nitrogens with zero attached hydrogens (tertiary/aromatic N) is 1. The maximum Gasteiger partial charge on any atom is 0.0632 e. The summed E-state index contributed by atoms with van der Waals surface area (Å²) in [7, 11) is 0. The summed E-state index contributed by atoms with van der Waals surface area (Å²) in [6.45, 7) is -0.00847. The molecule has 0 aliphatic heterocycles. The van der Waals surface area contributed by atoms with E-state index >= 15 is 0 Å². The van der Waals surface area contributed by atoms with E-state index in [9.17, 15) is 0 Å². The van der Waals surface area contributed by atoms with Gasteiger partial charge in [-0.2, -0.15) is 5.10 Å². The van der Waals surface area contributed by atoms with Crippen molar-refractivity contribution in [3.05, 3.63) is 16.4 Å². The molecule has 4 N–H and O–H groups in total. The number of aromatic nitrogens is 2. The third-order valence-electron chi connectivity index (χ3n) is 1.37. The first-order valence-corrected chi connectivity index (χ1v) is 4.07. The second-order valence-electron chi connectivity index (χ2n) is 2.34. The summed E-state index contributed by atoms with van der Waals surface area (Å²) < 4.78 is 0.904. The zero-order chi connectivity index (χ0) is 8.27. The van der Waals surface area contributed by atoms with E-state index in [-0.39, 0.29) is 12.6 Å². The van der Waals surface area contributed by atoms with Crippen molar-refractivity contribution in [3.63, 3.8) is 0 Å². The van der Waals surface area contributed by atoms with Crippen LogP contribution in [-0.4, -0.2) is 28.0 Å². The Morgan fingerprint density at radius 1 is 1.82 bits per heavy atom. The zero-order valence-corrected chi connectivity index (χ0v) is 7.50. The Kier molecular flexibility index (Phi) is 3.04. The van der Waals surface area contributed by atoms with Gasteiger partial charge in [-0.3, -0.25) is 5.10 Å². The molecule has 1 rings (SSSR count). The van der Waals surface area contributed by atoms with Crippen LogP contribution in [0.1, 0.15) is 5.69 Å². The molecule has 0 saturated heterocycles. The van der Waals surface area contributed by atoms with E-state index in [1.807, 2.05) is 0 Å². The number of aromatic amines is 1. The van der Waals surface area contributed by atoms with E-state index in [4.69, 9.17) is 10.8 Å². The molecule has 0 aliphatic carbocycles. The number of aliphatic hydroxyl groups excluding tert-OH is 1. The number of rotatable bonds is 3. The summed E-state index contributed by atoms with van der Waals surface area (Å²) in [5.41, 5.74) is 6.44. The molecule has 0 bridgehead atoms. The maximum absolute atomic E-state index is 8.65. The standard InChI is InChI=1S/C6H10BrN3O/c7-5-2-9-10-6(5)1-4(8)3-11/h2,4,11H,1,3,8H2,(H,9,10). The molecule has 0 amide bonds. The van der Waals surface area contributed by atoms with Crippen LogP contribution in [0, 0.1) is 0 Å². The largest absolute Gasteiger partial charge is 0.395 e. The molecular weight excluding hydrogens is 210 g/mol. The summed E-state index contributed by atoms with van der Waals surface area (Å²) in [5, 5.41) is 15.2. The average molecular weight is 220 g/mol. The molecule has 0 aliphatic rings. The fraction of sp³-hybridized carbons (Fsp3) is 0.500. The molecule has 0 aromatic carbocycles. The van der Waals surface area contributed by atoms with Gasteiger partial charge in [0.2, 0.25) is 0 Å². The number of nitrogens with two attached hydrogens (primary N) is 1. The van der Waals surface area contributed by atoms with Crippen LogP contribution >= 0.6 is 15.9 Å². The highest BCUT2D eigenvalue weighted by Crippen LogP contribution is 2.13. The lowest BCUT2D eigenvalue weighted by molar-refractivity contribution is 0.264. The molecule has 62 valence electrons. The van der Waals surface area contributed by atoms with Crippen molar-refractivity contribution < 1.29 is 5.11 Å². The molecule has 1 unspecified atom stereocenters. The SMILES string of the molecule is NC(CO)Cc1[nH]ncc1Br. The number of aliphatic hydroxyl groups is 1. The van der Waals surface area contributed by atoms with E-state index in [0.717, 1.165) is 10.2 Å². The van der Waals surface area contributed by atoms with E-state index < -0.39 is 0 Å². The van der Waals surface area contributed by atoms with Gasteiger partial charge in [0.25, 0.3) is 0 Å². The van der Waals surface area contributed by atoms with Crippen LogP contribution in [0.5, 0.6) is 0 Å². The van der Waals surface area contributed by atoms with Gasteiger partial charge in [-0.1, -0.05) is 0 Å². The number of hydrogen-bond acceptors (Lipinski definition) is 3.